The predicted molar refractivity (Wildman–Crippen MR) is 124 cm³/mol. The molecule has 1 aromatic heterocycles. The molecule has 0 bridgehead atoms. The Hall–Kier alpha value is -3.57. The van der Waals surface area contributed by atoms with E-state index in [1.54, 1.807) is 29.2 Å². The first-order valence-corrected chi connectivity index (χ1v) is 10.8. The number of rotatable bonds is 5. The lowest BCUT2D eigenvalue weighted by molar-refractivity contribution is -0.129. The average molecular weight is 446 g/mol. The molecule has 1 aliphatic heterocycles. The summed E-state index contributed by atoms with van der Waals surface area (Å²) in [6.45, 7) is 2.36. The number of aliphatic hydroxyl groups is 1. The molecule has 0 spiro atoms. The normalized spacial score (nSPS) is 16.5. The summed E-state index contributed by atoms with van der Waals surface area (Å²) in [6.07, 6.45) is 0.685. The van der Waals surface area contributed by atoms with E-state index >= 15 is 0 Å². The number of carbonyl (C=O) groups is 2. The third kappa shape index (κ3) is 3.17. The highest BCUT2D eigenvalue weighted by atomic mass is 35.5. The first-order chi connectivity index (χ1) is 15.5. The zero-order valence-corrected chi connectivity index (χ0v) is 18.1. The van der Waals surface area contributed by atoms with Crippen molar-refractivity contribution in [2.75, 3.05) is 6.54 Å². The molecule has 0 aliphatic carbocycles. The van der Waals surface area contributed by atoms with Gasteiger partial charge in [0.05, 0.1) is 11.6 Å². The quantitative estimate of drug-likeness (QED) is 0.370. The van der Waals surface area contributed by atoms with Crippen LogP contribution in [0.5, 0.6) is 0 Å². The number of nitrogens with zero attached hydrogens (tertiary/aromatic N) is 1. The number of fused-ring (bicyclic) bond motifs is 2. The first-order valence-electron chi connectivity index (χ1n) is 10.4. The van der Waals surface area contributed by atoms with Crippen LogP contribution in [0.4, 0.5) is 0 Å². The lowest BCUT2D eigenvalue weighted by atomic mass is 9.91. The lowest BCUT2D eigenvalue weighted by Crippen LogP contribution is -2.32. The van der Waals surface area contributed by atoms with Gasteiger partial charge in [0.25, 0.3) is 5.91 Å². The Bertz CT molecular complexity index is 1410. The van der Waals surface area contributed by atoms with Crippen LogP contribution in [0.2, 0.25) is 5.02 Å². The lowest BCUT2D eigenvalue weighted by Gasteiger charge is -2.27. The Balaban J connectivity index is 1.68. The minimum absolute atomic E-state index is 0.0324. The number of benzene rings is 3. The van der Waals surface area contributed by atoms with Gasteiger partial charge in [-0.25, -0.2) is 0 Å². The number of halogens is 1. The minimum Gasteiger partial charge on any atom is -0.503 e. The van der Waals surface area contributed by atoms with Crippen molar-refractivity contribution in [3.05, 3.63) is 94.4 Å². The molecule has 1 amide bonds. The van der Waals surface area contributed by atoms with Crippen LogP contribution in [0.25, 0.3) is 21.7 Å². The molecule has 0 saturated heterocycles. The fourth-order valence-corrected chi connectivity index (χ4v) is 4.61. The van der Waals surface area contributed by atoms with Gasteiger partial charge >= 0.3 is 0 Å². The molecule has 160 valence electrons. The van der Waals surface area contributed by atoms with Crippen molar-refractivity contribution in [1.29, 1.82) is 0 Å². The van der Waals surface area contributed by atoms with E-state index in [-0.39, 0.29) is 11.3 Å². The van der Waals surface area contributed by atoms with E-state index in [2.05, 4.69) is 0 Å². The molecule has 0 radical (unpaired) electrons. The number of aliphatic hydroxyl groups excluding tert-OH is 1. The van der Waals surface area contributed by atoms with Crippen LogP contribution in [0.3, 0.4) is 0 Å². The van der Waals surface area contributed by atoms with Gasteiger partial charge in [-0.05, 0) is 47.0 Å². The Morgan fingerprint density at radius 3 is 2.66 bits per heavy atom. The van der Waals surface area contributed by atoms with E-state index in [0.29, 0.717) is 29.0 Å². The number of Topliss-reactive ketones (excluding diaryl/α,β-unsaturated/α-hetero) is 1. The topological polar surface area (TPSA) is 70.8 Å². The second kappa shape index (κ2) is 7.84. The molecule has 32 heavy (non-hydrogen) atoms. The van der Waals surface area contributed by atoms with Crippen LogP contribution in [0, 0.1) is 0 Å². The summed E-state index contributed by atoms with van der Waals surface area (Å²) < 4.78 is 5.76. The zero-order valence-electron chi connectivity index (χ0n) is 17.3. The Morgan fingerprint density at radius 1 is 1.06 bits per heavy atom. The molecular weight excluding hydrogens is 426 g/mol. The van der Waals surface area contributed by atoms with E-state index in [4.69, 9.17) is 16.0 Å². The predicted octanol–water partition coefficient (Wildman–Crippen LogP) is 6.23. The standard InChI is InChI=1S/C26H20ClNO4/c1-2-12-28-23(19-9-5-7-15-6-3-4-8-18(15)19)22(25(30)26(28)31)24(29)21-14-16-13-17(27)10-11-20(16)32-21/h3-11,13-14,23,30H,2,12H2,1H3. The van der Waals surface area contributed by atoms with Crippen LogP contribution < -0.4 is 0 Å². The monoisotopic (exact) mass is 445 g/mol. The van der Waals surface area contributed by atoms with Crippen molar-refractivity contribution >= 4 is 45.0 Å². The summed E-state index contributed by atoms with van der Waals surface area (Å²) in [4.78, 5) is 28.2. The van der Waals surface area contributed by atoms with Gasteiger partial charge in [0.15, 0.2) is 11.5 Å². The Morgan fingerprint density at radius 2 is 1.84 bits per heavy atom. The van der Waals surface area contributed by atoms with Crippen molar-refractivity contribution in [3.8, 4) is 0 Å². The molecule has 2 heterocycles. The number of carbonyl (C=O) groups excluding carboxylic acids is 2. The third-order valence-corrected chi connectivity index (χ3v) is 6.07. The minimum atomic E-state index is -0.710. The van der Waals surface area contributed by atoms with Crippen LogP contribution in [0.15, 0.2) is 82.5 Å². The van der Waals surface area contributed by atoms with Crippen molar-refractivity contribution < 1.29 is 19.1 Å². The number of hydrogen-bond donors (Lipinski definition) is 1. The SMILES string of the molecule is CCCN1C(=O)C(O)=C(C(=O)c2cc3cc(Cl)ccc3o2)C1c1cccc2ccccc12. The summed E-state index contributed by atoms with van der Waals surface area (Å²) in [7, 11) is 0. The molecule has 5 rings (SSSR count). The molecule has 1 atom stereocenters. The number of ketones is 1. The summed E-state index contributed by atoms with van der Waals surface area (Å²) in [5, 5.41) is 13.9. The Labute approximate surface area is 189 Å². The maximum atomic E-state index is 13.6. The van der Waals surface area contributed by atoms with Crippen molar-refractivity contribution in [2.24, 2.45) is 0 Å². The molecule has 0 fully saturated rings. The van der Waals surface area contributed by atoms with Gasteiger partial charge in [0.2, 0.25) is 5.78 Å². The molecule has 6 heteroatoms. The van der Waals surface area contributed by atoms with E-state index in [0.717, 1.165) is 16.3 Å². The fourth-order valence-electron chi connectivity index (χ4n) is 4.43. The molecule has 1 aliphatic rings. The summed E-state index contributed by atoms with van der Waals surface area (Å²) in [5.74, 6) is -1.54. The van der Waals surface area contributed by atoms with Gasteiger partial charge < -0.3 is 14.4 Å². The average Bonchev–Trinajstić information content (AvgIpc) is 3.32. The van der Waals surface area contributed by atoms with Crippen LogP contribution >= 0.6 is 11.6 Å². The highest BCUT2D eigenvalue weighted by Gasteiger charge is 2.44. The highest BCUT2D eigenvalue weighted by Crippen LogP contribution is 2.42. The molecular formula is C26H20ClNO4. The van der Waals surface area contributed by atoms with Crippen LogP contribution in [-0.2, 0) is 4.79 Å². The van der Waals surface area contributed by atoms with Crippen LogP contribution in [0.1, 0.15) is 35.5 Å². The second-order valence-electron chi connectivity index (χ2n) is 7.85. The third-order valence-electron chi connectivity index (χ3n) is 5.83. The molecule has 5 nitrogen and oxygen atoms in total. The molecule has 3 aromatic carbocycles. The van der Waals surface area contributed by atoms with Gasteiger partial charge in [-0.2, -0.15) is 0 Å². The van der Waals surface area contributed by atoms with E-state index in [1.807, 2.05) is 49.4 Å². The van der Waals surface area contributed by atoms with Crippen LogP contribution in [-0.4, -0.2) is 28.2 Å². The highest BCUT2D eigenvalue weighted by molar-refractivity contribution is 6.31. The molecule has 0 saturated carbocycles. The van der Waals surface area contributed by atoms with Crippen molar-refractivity contribution in [3.63, 3.8) is 0 Å². The maximum Gasteiger partial charge on any atom is 0.290 e. The largest absolute Gasteiger partial charge is 0.503 e. The number of hydrogen-bond acceptors (Lipinski definition) is 4. The summed E-state index contributed by atoms with van der Waals surface area (Å²) in [6, 6.07) is 19.5. The van der Waals surface area contributed by atoms with Gasteiger partial charge in [-0.15, -0.1) is 0 Å². The van der Waals surface area contributed by atoms with Crippen molar-refractivity contribution in [1.82, 2.24) is 4.90 Å². The smallest absolute Gasteiger partial charge is 0.290 e. The zero-order chi connectivity index (χ0) is 22.4. The van der Waals surface area contributed by atoms with Gasteiger partial charge in [0.1, 0.15) is 5.58 Å². The van der Waals surface area contributed by atoms with E-state index < -0.39 is 23.5 Å². The summed E-state index contributed by atoms with van der Waals surface area (Å²) >= 11 is 6.06. The molecule has 1 N–H and O–H groups in total. The number of amides is 1. The fraction of sp³-hybridized carbons (Fsp3) is 0.154. The van der Waals surface area contributed by atoms with Gasteiger partial charge in [-0.3, -0.25) is 9.59 Å². The molecule has 4 aromatic rings. The maximum absolute atomic E-state index is 13.6. The molecule has 1 unspecified atom stereocenters. The van der Waals surface area contributed by atoms with E-state index in [1.165, 1.54) is 0 Å². The van der Waals surface area contributed by atoms with Gasteiger partial charge in [0, 0.05) is 17.0 Å². The summed E-state index contributed by atoms with van der Waals surface area (Å²) in [5.41, 5.74) is 1.33. The van der Waals surface area contributed by atoms with E-state index in [9.17, 15) is 14.7 Å². The number of furan rings is 1. The van der Waals surface area contributed by atoms with Gasteiger partial charge in [-0.1, -0.05) is 61.0 Å². The van der Waals surface area contributed by atoms with Crippen molar-refractivity contribution in [2.45, 2.75) is 19.4 Å². The Kier molecular flexibility index (Phi) is 4.98. The first kappa shape index (κ1) is 20.3. The second-order valence-corrected chi connectivity index (χ2v) is 8.29.